The molecule has 1 aromatic carbocycles. The second-order valence-electron chi connectivity index (χ2n) is 7.88. The van der Waals surface area contributed by atoms with E-state index in [1.165, 1.54) is 0 Å². The molecule has 2 N–H and O–H groups in total. The van der Waals surface area contributed by atoms with Crippen LogP contribution in [0.4, 0.5) is 0 Å². The van der Waals surface area contributed by atoms with Gasteiger partial charge in [-0.15, -0.1) is 0 Å². The van der Waals surface area contributed by atoms with Crippen molar-refractivity contribution in [3.8, 4) is 5.88 Å². The molecule has 0 radical (unpaired) electrons. The zero-order valence-electron chi connectivity index (χ0n) is 19.1. The molecule has 2 aromatic rings. The lowest BCUT2D eigenvalue weighted by Crippen LogP contribution is -2.38. The summed E-state index contributed by atoms with van der Waals surface area (Å²) >= 11 is 0. The van der Waals surface area contributed by atoms with Crippen LogP contribution in [-0.2, 0) is 22.6 Å². The predicted octanol–water partition coefficient (Wildman–Crippen LogP) is 3.55. The fraction of sp³-hybridized carbons (Fsp3) is 0.520. The first-order chi connectivity index (χ1) is 15.8. The van der Waals surface area contributed by atoms with Gasteiger partial charge in [-0.2, -0.15) is 0 Å². The van der Waals surface area contributed by atoms with E-state index in [0.29, 0.717) is 24.9 Å². The van der Waals surface area contributed by atoms with Gasteiger partial charge in [0.15, 0.2) is 5.96 Å². The molecule has 32 heavy (non-hydrogen) atoms. The molecule has 0 unspecified atom stereocenters. The first-order valence-corrected chi connectivity index (χ1v) is 11.6. The van der Waals surface area contributed by atoms with Crippen LogP contribution in [0.3, 0.4) is 0 Å². The minimum Gasteiger partial charge on any atom is -0.473 e. The van der Waals surface area contributed by atoms with Crippen molar-refractivity contribution in [2.24, 2.45) is 10.9 Å². The summed E-state index contributed by atoms with van der Waals surface area (Å²) in [6, 6.07) is 14.0. The zero-order chi connectivity index (χ0) is 22.3. The first-order valence-electron chi connectivity index (χ1n) is 11.6. The Labute approximate surface area is 191 Å². The van der Waals surface area contributed by atoms with Gasteiger partial charge in [-0.05, 0) is 49.3 Å². The summed E-state index contributed by atoms with van der Waals surface area (Å²) in [5, 5.41) is 6.68. The van der Waals surface area contributed by atoms with Crippen LogP contribution in [0.5, 0.6) is 5.88 Å². The number of pyridine rings is 1. The Morgan fingerprint density at radius 1 is 1.12 bits per heavy atom. The van der Waals surface area contributed by atoms with E-state index in [-0.39, 0.29) is 0 Å². The number of guanidine groups is 1. The molecule has 3 rings (SSSR count). The molecule has 7 heteroatoms. The van der Waals surface area contributed by atoms with Crippen molar-refractivity contribution in [1.29, 1.82) is 0 Å². The summed E-state index contributed by atoms with van der Waals surface area (Å²) in [5.41, 5.74) is 2.17. The second-order valence-corrected chi connectivity index (χ2v) is 7.88. The topological polar surface area (TPSA) is 77.0 Å². The van der Waals surface area contributed by atoms with Gasteiger partial charge in [0.1, 0.15) is 6.61 Å². The lowest BCUT2D eigenvalue weighted by atomic mass is 10.0. The zero-order valence-corrected chi connectivity index (χ0v) is 19.1. The third-order valence-corrected chi connectivity index (χ3v) is 5.25. The Kier molecular flexibility index (Phi) is 10.8. The number of hydrogen-bond donors (Lipinski definition) is 2. The molecule has 1 saturated heterocycles. The molecule has 1 aliphatic heterocycles. The number of aromatic nitrogens is 1. The number of nitrogens with one attached hydrogen (secondary N) is 2. The summed E-state index contributed by atoms with van der Waals surface area (Å²) in [6.07, 6.45) is 4.94. The van der Waals surface area contributed by atoms with E-state index in [2.05, 4.69) is 22.5 Å². The minimum atomic E-state index is 0.501. The quantitative estimate of drug-likeness (QED) is 0.299. The van der Waals surface area contributed by atoms with Crippen LogP contribution >= 0.6 is 0 Å². The van der Waals surface area contributed by atoms with Crippen LogP contribution in [0.2, 0.25) is 0 Å². The molecule has 1 fully saturated rings. The Balaban J connectivity index is 1.38. The van der Waals surface area contributed by atoms with Gasteiger partial charge in [0.25, 0.3) is 0 Å². The van der Waals surface area contributed by atoms with Gasteiger partial charge in [0, 0.05) is 51.8 Å². The highest BCUT2D eigenvalue weighted by Crippen LogP contribution is 2.15. The Morgan fingerprint density at radius 2 is 1.97 bits per heavy atom. The fourth-order valence-electron chi connectivity index (χ4n) is 3.42. The Hall–Kier alpha value is -2.64. The summed E-state index contributed by atoms with van der Waals surface area (Å²) in [6.45, 7) is 8.10. The molecule has 0 aliphatic carbocycles. The van der Waals surface area contributed by atoms with Crippen LogP contribution in [0.25, 0.3) is 0 Å². The first kappa shape index (κ1) is 24.0. The minimum absolute atomic E-state index is 0.501. The average molecular weight is 441 g/mol. The molecule has 7 nitrogen and oxygen atoms in total. The third-order valence-electron chi connectivity index (χ3n) is 5.25. The monoisotopic (exact) mass is 440 g/mol. The molecule has 0 amide bonds. The molecule has 2 heterocycles. The van der Waals surface area contributed by atoms with Crippen molar-refractivity contribution < 1.29 is 14.2 Å². The van der Waals surface area contributed by atoms with Crippen molar-refractivity contribution in [2.45, 2.75) is 39.3 Å². The Morgan fingerprint density at radius 3 is 2.78 bits per heavy atom. The number of rotatable bonds is 12. The van der Waals surface area contributed by atoms with E-state index in [4.69, 9.17) is 19.2 Å². The highest BCUT2D eigenvalue weighted by atomic mass is 16.5. The molecule has 0 bridgehead atoms. The lowest BCUT2D eigenvalue weighted by molar-refractivity contribution is 0.0203. The van der Waals surface area contributed by atoms with Gasteiger partial charge < -0.3 is 24.8 Å². The van der Waals surface area contributed by atoms with Gasteiger partial charge in [-0.1, -0.05) is 30.3 Å². The van der Waals surface area contributed by atoms with Crippen LogP contribution in [-0.4, -0.2) is 50.5 Å². The highest BCUT2D eigenvalue weighted by Gasteiger charge is 2.13. The summed E-state index contributed by atoms with van der Waals surface area (Å²) < 4.78 is 17.0. The van der Waals surface area contributed by atoms with Gasteiger partial charge in [-0.25, -0.2) is 9.98 Å². The Bertz CT molecular complexity index is 795. The molecule has 1 aromatic heterocycles. The number of hydrogen-bond acceptors (Lipinski definition) is 5. The predicted molar refractivity (Wildman–Crippen MR) is 127 cm³/mol. The lowest BCUT2D eigenvalue weighted by Gasteiger charge is -2.21. The summed E-state index contributed by atoms with van der Waals surface area (Å²) in [4.78, 5) is 9.00. The molecular weight excluding hydrogens is 404 g/mol. The third kappa shape index (κ3) is 9.24. The maximum absolute atomic E-state index is 5.84. The van der Waals surface area contributed by atoms with Crippen molar-refractivity contribution in [3.05, 3.63) is 59.8 Å². The standard InChI is InChI=1S/C25H36N4O3/c1-2-26-25(28-12-6-14-31-19-22-10-15-30-16-11-22)29-18-23-9-13-27-24(17-23)32-20-21-7-4-3-5-8-21/h3-5,7-9,13,17,22H,2,6,10-12,14-16,18-20H2,1H3,(H2,26,28,29). The van der Waals surface area contributed by atoms with Gasteiger partial charge in [-0.3, -0.25) is 0 Å². The number of nitrogens with zero attached hydrogens (tertiary/aromatic N) is 2. The second kappa shape index (κ2) is 14.4. The molecule has 1 aliphatic rings. The van der Waals surface area contributed by atoms with Crippen molar-refractivity contribution in [2.75, 3.05) is 39.5 Å². The van der Waals surface area contributed by atoms with E-state index in [1.807, 2.05) is 42.5 Å². The van der Waals surface area contributed by atoms with Crippen molar-refractivity contribution in [3.63, 3.8) is 0 Å². The van der Waals surface area contributed by atoms with Gasteiger partial charge >= 0.3 is 0 Å². The molecule has 174 valence electrons. The van der Waals surface area contributed by atoms with Gasteiger partial charge in [0.05, 0.1) is 6.54 Å². The smallest absolute Gasteiger partial charge is 0.213 e. The fourth-order valence-corrected chi connectivity index (χ4v) is 3.42. The summed E-state index contributed by atoms with van der Waals surface area (Å²) in [7, 11) is 0. The van der Waals surface area contributed by atoms with E-state index >= 15 is 0 Å². The molecule has 0 saturated carbocycles. The van der Waals surface area contributed by atoms with Crippen molar-refractivity contribution >= 4 is 5.96 Å². The van der Waals surface area contributed by atoms with Gasteiger partial charge in [0.2, 0.25) is 5.88 Å². The largest absolute Gasteiger partial charge is 0.473 e. The van der Waals surface area contributed by atoms with E-state index in [0.717, 1.165) is 75.9 Å². The van der Waals surface area contributed by atoms with Crippen LogP contribution in [0, 0.1) is 5.92 Å². The van der Waals surface area contributed by atoms with E-state index < -0.39 is 0 Å². The van der Waals surface area contributed by atoms with E-state index in [1.54, 1.807) is 6.20 Å². The maximum Gasteiger partial charge on any atom is 0.213 e. The van der Waals surface area contributed by atoms with Crippen LogP contribution in [0.15, 0.2) is 53.7 Å². The average Bonchev–Trinajstić information content (AvgIpc) is 2.85. The normalized spacial score (nSPS) is 14.8. The molecule has 0 atom stereocenters. The number of ether oxygens (including phenoxy) is 3. The van der Waals surface area contributed by atoms with Crippen LogP contribution < -0.4 is 15.4 Å². The number of aliphatic imine (C=N–C) groups is 1. The van der Waals surface area contributed by atoms with Crippen molar-refractivity contribution in [1.82, 2.24) is 15.6 Å². The highest BCUT2D eigenvalue weighted by molar-refractivity contribution is 5.79. The van der Waals surface area contributed by atoms with E-state index in [9.17, 15) is 0 Å². The SMILES string of the molecule is CCNC(=NCc1ccnc(OCc2ccccc2)c1)NCCCOCC1CCOCC1. The molecular formula is C25H36N4O3. The molecule has 0 spiro atoms. The maximum atomic E-state index is 5.84. The summed E-state index contributed by atoms with van der Waals surface area (Å²) in [5.74, 6) is 2.07. The van der Waals surface area contributed by atoms with Crippen LogP contribution in [0.1, 0.15) is 37.3 Å². The number of benzene rings is 1.